The molecule has 112 valence electrons. The molecule has 22 heavy (non-hydrogen) atoms. The molecule has 6 heteroatoms. The van der Waals surface area contributed by atoms with E-state index in [0.29, 0.717) is 12.2 Å². The minimum atomic E-state index is -0.171. The summed E-state index contributed by atoms with van der Waals surface area (Å²) in [5.41, 5.74) is 2.34. The lowest BCUT2D eigenvalue weighted by Crippen LogP contribution is -2.17. The normalized spacial score (nSPS) is 10.6. The van der Waals surface area contributed by atoms with E-state index < -0.39 is 0 Å². The smallest absolute Gasteiger partial charge is 0.273 e. The number of aryl methyl sites for hydroxylation is 2. The molecule has 0 spiro atoms. The number of carbonyl (C=O) groups excluding carboxylic acids is 1. The van der Waals surface area contributed by atoms with Gasteiger partial charge >= 0.3 is 0 Å². The van der Waals surface area contributed by atoms with Gasteiger partial charge in [-0.15, -0.1) is 0 Å². The van der Waals surface area contributed by atoms with Crippen LogP contribution in [-0.4, -0.2) is 25.0 Å². The molecule has 0 aliphatic heterocycles. The Morgan fingerprint density at radius 2 is 2.14 bits per heavy atom. The summed E-state index contributed by atoms with van der Waals surface area (Å²) in [5, 5.41) is 2.95. The minimum Gasteiger partial charge on any atom is -0.331 e. The molecule has 2 heterocycles. The van der Waals surface area contributed by atoms with Crippen LogP contribution < -0.4 is 5.32 Å². The number of hydrogen-bond acceptors (Lipinski definition) is 3. The molecule has 2 aromatic heterocycles. The second-order valence-electron chi connectivity index (χ2n) is 5.10. The number of nitrogens with zero attached hydrogens (tertiary/aromatic N) is 4. The van der Waals surface area contributed by atoms with E-state index in [9.17, 15) is 4.79 Å². The van der Waals surface area contributed by atoms with Crippen molar-refractivity contribution in [3.63, 3.8) is 0 Å². The standard InChI is InChI=1S/C16H17N5O/c1-12-18-7-8-21(12)10-13-5-3-4-6-14(13)19-16(22)15-9-17-11-20(15)2/h3-9,11H,10H2,1-2H3,(H,19,22). The number of carbonyl (C=O) groups is 1. The summed E-state index contributed by atoms with van der Waals surface area (Å²) in [6.07, 6.45) is 6.86. The number of nitrogens with one attached hydrogen (secondary N) is 1. The van der Waals surface area contributed by atoms with Crippen LogP contribution >= 0.6 is 0 Å². The van der Waals surface area contributed by atoms with Gasteiger partial charge in [-0.25, -0.2) is 9.97 Å². The monoisotopic (exact) mass is 295 g/mol. The van der Waals surface area contributed by atoms with Crippen molar-refractivity contribution in [1.29, 1.82) is 0 Å². The Bertz CT molecular complexity index is 802. The van der Waals surface area contributed by atoms with E-state index in [4.69, 9.17) is 0 Å². The summed E-state index contributed by atoms with van der Waals surface area (Å²) in [6.45, 7) is 2.62. The number of aromatic nitrogens is 4. The average Bonchev–Trinajstić information content (AvgIpc) is 3.10. The third-order valence-corrected chi connectivity index (χ3v) is 3.58. The zero-order valence-electron chi connectivity index (χ0n) is 12.5. The summed E-state index contributed by atoms with van der Waals surface area (Å²) < 4.78 is 3.73. The average molecular weight is 295 g/mol. The number of imidazole rings is 2. The molecule has 0 aliphatic rings. The first kappa shape index (κ1) is 14.1. The van der Waals surface area contributed by atoms with Crippen LogP contribution in [-0.2, 0) is 13.6 Å². The van der Waals surface area contributed by atoms with E-state index in [1.807, 2.05) is 42.0 Å². The Hall–Kier alpha value is -2.89. The van der Waals surface area contributed by atoms with Crippen molar-refractivity contribution in [2.45, 2.75) is 13.5 Å². The van der Waals surface area contributed by atoms with Gasteiger partial charge in [0.2, 0.25) is 0 Å². The van der Waals surface area contributed by atoms with E-state index in [0.717, 1.165) is 17.1 Å². The highest BCUT2D eigenvalue weighted by Crippen LogP contribution is 2.18. The van der Waals surface area contributed by atoms with E-state index in [-0.39, 0.29) is 5.91 Å². The Kier molecular flexibility index (Phi) is 3.74. The van der Waals surface area contributed by atoms with Gasteiger partial charge in [0.1, 0.15) is 11.5 Å². The van der Waals surface area contributed by atoms with Crippen molar-refractivity contribution in [3.05, 3.63) is 66.3 Å². The van der Waals surface area contributed by atoms with Crippen molar-refractivity contribution >= 4 is 11.6 Å². The minimum absolute atomic E-state index is 0.171. The molecule has 0 radical (unpaired) electrons. The van der Waals surface area contributed by atoms with Gasteiger partial charge in [0, 0.05) is 25.1 Å². The molecule has 1 amide bonds. The first-order valence-corrected chi connectivity index (χ1v) is 6.98. The maximum absolute atomic E-state index is 12.3. The van der Waals surface area contributed by atoms with E-state index >= 15 is 0 Å². The predicted molar refractivity (Wildman–Crippen MR) is 83.7 cm³/mol. The van der Waals surface area contributed by atoms with Crippen LogP contribution in [0.4, 0.5) is 5.69 Å². The molecule has 3 aromatic rings. The molecular weight excluding hydrogens is 278 g/mol. The van der Waals surface area contributed by atoms with Crippen LogP contribution in [0.3, 0.4) is 0 Å². The molecule has 0 saturated carbocycles. The molecule has 1 N–H and O–H groups in total. The molecule has 0 fully saturated rings. The summed E-state index contributed by atoms with van der Waals surface area (Å²) in [4.78, 5) is 20.5. The molecule has 0 saturated heterocycles. The molecule has 6 nitrogen and oxygen atoms in total. The van der Waals surface area contributed by atoms with E-state index in [2.05, 4.69) is 15.3 Å². The first-order chi connectivity index (χ1) is 10.6. The number of rotatable bonds is 4. The summed E-state index contributed by atoms with van der Waals surface area (Å²) in [6, 6.07) is 7.76. The summed E-state index contributed by atoms with van der Waals surface area (Å²) in [5.74, 6) is 0.766. The number of para-hydroxylation sites is 1. The highest BCUT2D eigenvalue weighted by molar-refractivity contribution is 6.03. The van der Waals surface area contributed by atoms with Crippen molar-refractivity contribution in [2.24, 2.45) is 7.05 Å². The fraction of sp³-hybridized carbons (Fsp3) is 0.188. The van der Waals surface area contributed by atoms with Crippen LogP contribution in [0.5, 0.6) is 0 Å². The van der Waals surface area contributed by atoms with Crippen LogP contribution in [0.1, 0.15) is 21.9 Å². The number of hydrogen-bond donors (Lipinski definition) is 1. The number of amides is 1. The topological polar surface area (TPSA) is 64.7 Å². The maximum atomic E-state index is 12.3. The second kappa shape index (κ2) is 5.85. The molecule has 0 bridgehead atoms. The maximum Gasteiger partial charge on any atom is 0.273 e. The lowest BCUT2D eigenvalue weighted by molar-refractivity contribution is 0.101. The van der Waals surface area contributed by atoms with Gasteiger partial charge in [-0.2, -0.15) is 0 Å². The molecular formula is C16H17N5O. The lowest BCUT2D eigenvalue weighted by atomic mass is 10.1. The van der Waals surface area contributed by atoms with Gasteiger partial charge in [-0.05, 0) is 18.6 Å². The van der Waals surface area contributed by atoms with Crippen LogP contribution in [0.2, 0.25) is 0 Å². The zero-order chi connectivity index (χ0) is 15.5. The van der Waals surface area contributed by atoms with Crippen molar-refractivity contribution < 1.29 is 4.79 Å². The third-order valence-electron chi connectivity index (χ3n) is 3.58. The fourth-order valence-corrected chi connectivity index (χ4v) is 2.30. The third kappa shape index (κ3) is 2.76. The second-order valence-corrected chi connectivity index (χ2v) is 5.10. The quantitative estimate of drug-likeness (QED) is 0.802. The first-order valence-electron chi connectivity index (χ1n) is 6.98. The van der Waals surface area contributed by atoms with Crippen LogP contribution in [0.15, 0.2) is 49.2 Å². The Morgan fingerprint density at radius 3 is 2.82 bits per heavy atom. The Balaban J connectivity index is 1.84. The predicted octanol–water partition coefficient (Wildman–Crippen LogP) is 2.23. The van der Waals surface area contributed by atoms with Crippen molar-refractivity contribution in [2.75, 3.05) is 5.32 Å². The zero-order valence-corrected chi connectivity index (χ0v) is 12.5. The van der Waals surface area contributed by atoms with Gasteiger partial charge < -0.3 is 14.5 Å². The van der Waals surface area contributed by atoms with Crippen LogP contribution in [0.25, 0.3) is 0 Å². The SMILES string of the molecule is Cc1nccn1Cc1ccccc1NC(=O)c1cncn1C. The molecule has 3 rings (SSSR count). The lowest BCUT2D eigenvalue weighted by Gasteiger charge is -2.12. The summed E-state index contributed by atoms with van der Waals surface area (Å²) >= 11 is 0. The number of benzene rings is 1. The van der Waals surface area contributed by atoms with Crippen molar-refractivity contribution in [3.8, 4) is 0 Å². The largest absolute Gasteiger partial charge is 0.331 e. The van der Waals surface area contributed by atoms with Gasteiger partial charge in [0.05, 0.1) is 19.1 Å². The van der Waals surface area contributed by atoms with Gasteiger partial charge in [0.25, 0.3) is 5.91 Å². The van der Waals surface area contributed by atoms with Crippen LogP contribution in [0, 0.1) is 6.92 Å². The van der Waals surface area contributed by atoms with Gasteiger partial charge in [-0.1, -0.05) is 18.2 Å². The molecule has 1 aromatic carbocycles. The van der Waals surface area contributed by atoms with Gasteiger partial charge in [-0.3, -0.25) is 4.79 Å². The highest BCUT2D eigenvalue weighted by atomic mass is 16.2. The molecule has 0 aliphatic carbocycles. The fourth-order valence-electron chi connectivity index (χ4n) is 2.30. The van der Waals surface area contributed by atoms with Gasteiger partial charge in [0.15, 0.2) is 0 Å². The number of anilines is 1. The molecule has 0 unspecified atom stereocenters. The highest BCUT2D eigenvalue weighted by Gasteiger charge is 2.12. The van der Waals surface area contributed by atoms with Crippen molar-refractivity contribution in [1.82, 2.24) is 19.1 Å². The Labute approximate surface area is 128 Å². The van der Waals surface area contributed by atoms with E-state index in [1.54, 1.807) is 30.3 Å². The Morgan fingerprint density at radius 1 is 1.32 bits per heavy atom. The molecule has 0 atom stereocenters. The van der Waals surface area contributed by atoms with E-state index in [1.165, 1.54) is 0 Å². The summed E-state index contributed by atoms with van der Waals surface area (Å²) in [7, 11) is 1.79.